The van der Waals surface area contributed by atoms with Crippen molar-refractivity contribution in [2.45, 2.75) is 52.4 Å². The van der Waals surface area contributed by atoms with E-state index in [0.717, 1.165) is 78.0 Å². The number of pyridine rings is 1. The Kier molecular flexibility index (Phi) is 9.80. The van der Waals surface area contributed by atoms with Crippen LogP contribution in [0, 0.1) is 0 Å². The highest BCUT2D eigenvalue weighted by Crippen LogP contribution is 2.44. The third-order valence-electron chi connectivity index (χ3n) is 11.5. The van der Waals surface area contributed by atoms with Crippen molar-refractivity contribution in [2.24, 2.45) is 0 Å². The zero-order valence-corrected chi connectivity index (χ0v) is 35.1. The van der Waals surface area contributed by atoms with Crippen molar-refractivity contribution in [3.05, 3.63) is 193 Å². The van der Waals surface area contributed by atoms with E-state index in [4.69, 9.17) is 9.97 Å². The Labute approximate surface area is 353 Å². The van der Waals surface area contributed by atoms with Crippen LogP contribution in [-0.4, -0.2) is 19.6 Å². The number of phenols is 1. The minimum Gasteiger partial charge on any atom is -0.507 e. The molecule has 7 aromatic carbocycles. The maximum atomic E-state index is 11.8. The monoisotopic (exact) mass is 779 g/mol. The summed E-state index contributed by atoms with van der Waals surface area (Å²) in [4.78, 5) is 10.6. The van der Waals surface area contributed by atoms with E-state index in [1.807, 2.05) is 30.5 Å². The quantitative estimate of drug-likeness (QED) is 0.175. The predicted octanol–water partition coefficient (Wildman–Crippen LogP) is 14.7. The van der Waals surface area contributed by atoms with Gasteiger partial charge in [-0.15, -0.1) is 0 Å². The molecule has 0 saturated carbocycles. The van der Waals surface area contributed by atoms with Gasteiger partial charge in [-0.2, -0.15) is 0 Å². The molecule has 0 amide bonds. The summed E-state index contributed by atoms with van der Waals surface area (Å²) < 4.78 is 2.26. The first-order chi connectivity index (χ1) is 28.9. The fourth-order valence-electron chi connectivity index (χ4n) is 8.09. The summed E-state index contributed by atoms with van der Waals surface area (Å²) in [5, 5.41) is 11.8. The molecular weight excluding hydrogens is 731 g/mol. The first-order valence-corrected chi connectivity index (χ1v) is 20.7. The van der Waals surface area contributed by atoms with E-state index < -0.39 is 0 Å². The number of benzene rings is 7. The molecule has 0 saturated heterocycles. The summed E-state index contributed by atoms with van der Waals surface area (Å²) in [6, 6.07) is 61.7. The number of fused-ring (bicyclic) bond motifs is 1. The highest BCUT2D eigenvalue weighted by atomic mass is 16.3. The number of hydrogen-bond acceptors (Lipinski definition) is 3. The molecule has 0 fully saturated rings. The number of aromatic hydroxyl groups is 1. The van der Waals surface area contributed by atoms with Gasteiger partial charge in [-0.25, -0.2) is 4.98 Å². The Morgan fingerprint density at radius 3 is 1.70 bits per heavy atom. The van der Waals surface area contributed by atoms with Crippen LogP contribution < -0.4 is 0 Å². The molecule has 2 heterocycles. The zero-order valence-electron chi connectivity index (χ0n) is 35.1. The van der Waals surface area contributed by atoms with E-state index in [1.165, 1.54) is 5.56 Å². The van der Waals surface area contributed by atoms with Gasteiger partial charge in [0.05, 0.1) is 28.0 Å². The second-order valence-corrected chi connectivity index (χ2v) is 17.7. The Morgan fingerprint density at radius 2 is 1.03 bits per heavy atom. The zero-order chi connectivity index (χ0) is 41.6. The van der Waals surface area contributed by atoms with Crippen LogP contribution in [0.2, 0.25) is 0 Å². The van der Waals surface area contributed by atoms with Crippen LogP contribution >= 0.6 is 0 Å². The lowest BCUT2D eigenvalue weighted by Gasteiger charge is -2.22. The van der Waals surface area contributed by atoms with Crippen molar-refractivity contribution in [2.75, 3.05) is 0 Å². The van der Waals surface area contributed by atoms with Crippen LogP contribution in [0.4, 0.5) is 0 Å². The maximum Gasteiger partial charge on any atom is 0.149 e. The Hall–Kier alpha value is -7.04. The smallest absolute Gasteiger partial charge is 0.149 e. The van der Waals surface area contributed by atoms with Crippen LogP contribution in [0.3, 0.4) is 0 Å². The topological polar surface area (TPSA) is 50.9 Å². The molecule has 294 valence electrons. The van der Waals surface area contributed by atoms with Gasteiger partial charge in [0.15, 0.2) is 0 Å². The minimum absolute atomic E-state index is 0.150. The molecule has 9 rings (SSSR count). The molecule has 4 heteroatoms. The average Bonchev–Trinajstić information content (AvgIpc) is 3.65. The Morgan fingerprint density at radius 1 is 0.433 bits per heavy atom. The summed E-state index contributed by atoms with van der Waals surface area (Å²) in [6.45, 7) is 13.4. The van der Waals surface area contributed by atoms with Crippen molar-refractivity contribution in [1.82, 2.24) is 14.5 Å². The fourth-order valence-corrected chi connectivity index (χ4v) is 8.09. The normalized spacial score (nSPS) is 11.9. The molecule has 2 aromatic heterocycles. The third kappa shape index (κ3) is 7.42. The van der Waals surface area contributed by atoms with Crippen molar-refractivity contribution >= 4 is 11.0 Å². The van der Waals surface area contributed by atoms with Gasteiger partial charge in [-0.1, -0.05) is 163 Å². The highest BCUT2D eigenvalue weighted by molar-refractivity contribution is 6.00. The molecule has 0 aliphatic heterocycles. The molecule has 0 bridgehead atoms. The van der Waals surface area contributed by atoms with Crippen LogP contribution in [0.25, 0.3) is 83.9 Å². The summed E-state index contributed by atoms with van der Waals surface area (Å²) in [5.74, 6) is 0.857. The summed E-state index contributed by atoms with van der Waals surface area (Å²) in [6.07, 6.45) is 1.91. The van der Waals surface area contributed by atoms with Crippen molar-refractivity contribution in [3.63, 3.8) is 0 Å². The number of nitrogens with zero attached hydrogens (tertiary/aromatic N) is 3. The molecule has 0 unspecified atom stereocenters. The second kappa shape index (κ2) is 15.3. The number of rotatable bonds is 7. The van der Waals surface area contributed by atoms with Crippen LogP contribution in [0.1, 0.15) is 52.7 Å². The molecule has 60 heavy (non-hydrogen) atoms. The molecule has 4 nitrogen and oxygen atoms in total. The first-order valence-electron chi connectivity index (χ1n) is 20.7. The number of para-hydroxylation sites is 1. The Bertz CT molecular complexity index is 2990. The molecule has 0 radical (unpaired) electrons. The Balaban J connectivity index is 1.39. The molecule has 0 atom stereocenters. The van der Waals surface area contributed by atoms with Crippen molar-refractivity contribution in [1.29, 1.82) is 0 Å². The number of aromatic nitrogens is 3. The van der Waals surface area contributed by atoms with E-state index in [-0.39, 0.29) is 16.6 Å². The van der Waals surface area contributed by atoms with Gasteiger partial charge in [0, 0.05) is 22.9 Å². The van der Waals surface area contributed by atoms with E-state index in [2.05, 4.69) is 198 Å². The van der Waals surface area contributed by atoms with E-state index in [0.29, 0.717) is 11.4 Å². The van der Waals surface area contributed by atoms with Gasteiger partial charge in [-0.05, 0) is 110 Å². The lowest BCUT2D eigenvalue weighted by molar-refractivity contribution is 0.475. The summed E-state index contributed by atoms with van der Waals surface area (Å²) in [5.41, 5.74) is 16.1. The minimum atomic E-state index is -0.156. The van der Waals surface area contributed by atoms with Crippen LogP contribution in [0.15, 0.2) is 182 Å². The SMILES string of the molecule is CC(C)(C)c1cc(-c2cc(-c3ccccc3)ccn2)cc(-c2cc(-c3ccccc3)cc3c2nc(-c2cc(C(C)(C)C)ccc2O)n3-c2ccccc2-c2ccccc2)c1. The van der Waals surface area contributed by atoms with Gasteiger partial charge < -0.3 is 5.11 Å². The summed E-state index contributed by atoms with van der Waals surface area (Å²) >= 11 is 0. The molecule has 0 spiro atoms. The largest absolute Gasteiger partial charge is 0.507 e. The molecule has 1 N–H and O–H groups in total. The lowest BCUT2D eigenvalue weighted by Crippen LogP contribution is -2.11. The fraction of sp³-hybridized carbons (Fsp3) is 0.143. The third-order valence-corrected chi connectivity index (χ3v) is 11.5. The molecule has 0 aliphatic rings. The van der Waals surface area contributed by atoms with Gasteiger partial charge >= 0.3 is 0 Å². The lowest BCUT2D eigenvalue weighted by atomic mass is 9.83. The molecular formula is C56H49N3O. The average molecular weight is 780 g/mol. The van der Waals surface area contributed by atoms with Gasteiger partial charge in [0.2, 0.25) is 0 Å². The second-order valence-electron chi connectivity index (χ2n) is 17.7. The number of hydrogen-bond donors (Lipinski definition) is 1. The van der Waals surface area contributed by atoms with E-state index in [9.17, 15) is 5.11 Å². The molecule has 0 aliphatic carbocycles. The van der Waals surface area contributed by atoms with Crippen LogP contribution in [0.5, 0.6) is 5.75 Å². The van der Waals surface area contributed by atoms with Gasteiger partial charge in [0.25, 0.3) is 0 Å². The van der Waals surface area contributed by atoms with Crippen molar-refractivity contribution < 1.29 is 5.11 Å². The standard InChI is InChI=1S/C56H49N3O/c1-55(2,3)44-26-27-52(60)48(36-44)54-58-53-47(42-30-43(32-45(31-42)56(4,5)6)49-34-40(28-29-57-49)37-18-10-7-11-19-37)33-41(38-20-12-8-13-21-38)35-51(53)59(54)50-25-17-16-24-46(50)39-22-14-9-15-23-39/h7-36,60H,1-6H3. The number of imidazole rings is 1. The maximum absolute atomic E-state index is 11.8. The van der Waals surface area contributed by atoms with E-state index in [1.54, 1.807) is 0 Å². The highest BCUT2D eigenvalue weighted by Gasteiger charge is 2.26. The van der Waals surface area contributed by atoms with E-state index >= 15 is 0 Å². The first kappa shape index (κ1) is 38.5. The summed E-state index contributed by atoms with van der Waals surface area (Å²) in [7, 11) is 0. The van der Waals surface area contributed by atoms with Crippen LogP contribution in [-0.2, 0) is 10.8 Å². The van der Waals surface area contributed by atoms with Gasteiger partial charge in [0.1, 0.15) is 11.6 Å². The van der Waals surface area contributed by atoms with Gasteiger partial charge in [-0.3, -0.25) is 9.55 Å². The predicted molar refractivity (Wildman–Crippen MR) is 251 cm³/mol. The molecule has 9 aromatic rings. The number of phenolic OH excluding ortho intramolecular Hbond substituents is 1. The van der Waals surface area contributed by atoms with Crippen molar-refractivity contribution in [3.8, 4) is 78.6 Å².